The lowest BCUT2D eigenvalue weighted by atomic mass is 10.1. The van der Waals surface area contributed by atoms with Crippen LogP contribution in [0.15, 0.2) is 89.7 Å². The molecule has 4 aromatic rings. The molecule has 0 aliphatic rings. The number of carbonyl (C=O) groups is 1. The fourth-order valence-electron chi connectivity index (χ4n) is 3.07. The van der Waals surface area contributed by atoms with Crippen LogP contribution in [0.2, 0.25) is 0 Å². The summed E-state index contributed by atoms with van der Waals surface area (Å²) in [5.41, 5.74) is 4.13. The summed E-state index contributed by atoms with van der Waals surface area (Å²) in [5.74, 6) is 0.110. The molecule has 2 heterocycles. The van der Waals surface area contributed by atoms with Crippen LogP contribution in [-0.4, -0.2) is 28.8 Å². The SMILES string of the molecule is O=C(NCCNCc1cn(-c2ccccc2)nc1-c1ccccc1)c1ccco1. The quantitative estimate of drug-likeness (QED) is 0.454. The Morgan fingerprint density at radius 3 is 2.41 bits per heavy atom. The first-order chi connectivity index (χ1) is 14.3. The van der Waals surface area contributed by atoms with Gasteiger partial charge in [0.2, 0.25) is 0 Å². The Bertz CT molecular complexity index is 1040. The number of benzene rings is 2. The summed E-state index contributed by atoms with van der Waals surface area (Å²) >= 11 is 0. The average molecular weight is 386 g/mol. The second kappa shape index (κ2) is 9.03. The molecule has 0 aliphatic carbocycles. The van der Waals surface area contributed by atoms with Crippen LogP contribution in [0.25, 0.3) is 16.9 Å². The van der Waals surface area contributed by atoms with Crippen molar-refractivity contribution in [2.75, 3.05) is 13.1 Å². The lowest BCUT2D eigenvalue weighted by molar-refractivity contribution is 0.0926. The van der Waals surface area contributed by atoms with Gasteiger partial charge in [0.05, 0.1) is 17.6 Å². The molecular formula is C23H22N4O2. The van der Waals surface area contributed by atoms with Gasteiger partial charge in [-0.15, -0.1) is 0 Å². The van der Waals surface area contributed by atoms with Gasteiger partial charge in [0.1, 0.15) is 0 Å². The first kappa shape index (κ1) is 18.7. The van der Waals surface area contributed by atoms with Crippen molar-refractivity contribution in [1.82, 2.24) is 20.4 Å². The number of aromatic nitrogens is 2. The van der Waals surface area contributed by atoms with E-state index in [1.165, 1.54) is 6.26 Å². The molecule has 146 valence electrons. The molecule has 2 N–H and O–H groups in total. The Hall–Kier alpha value is -3.64. The van der Waals surface area contributed by atoms with Crippen molar-refractivity contribution in [3.05, 3.63) is 96.6 Å². The van der Waals surface area contributed by atoms with Crippen molar-refractivity contribution in [2.45, 2.75) is 6.54 Å². The second-order valence-electron chi connectivity index (χ2n) is 6.56. The van der Waals surface area contributed by atoms with E-state index in [0.29, 0.717) is 25.4 Å². The highest BCUT2D eigenvalue weighted by Crippen LogP contribution is 2.23. The van der Waals surface area contributed by atoms with Crippen molar-refractivity contribution < 1.29 is 9.21 Å². The summed E-state index contributed by atoms with van der Waals surface area (Å²) in [6.07, 6.45) is 3.54. The molecule has 6 nitrogen and oxygen atoms in total. The molecule has 4 rings (SSSR count). The molecule has 29 heavy (non-hydrogen) atoms. The van der Waals surface area contributed by atoms with E-state index in [9.17, 15) is 4.79 Å². The molecule has 0 unspecified atom stereocenters. The molecular weight excluding hydrogens is 364 g/mol. The molecule has 0 saturated heterocycles. The van der Waals surface area contributed by atoms with E-state index in [-0.39, 0.29) is 5.91 Å². The van der Waals surface area contributed by atoms with Gasteiger partial charge in [-0.1, -0.05) is 48.5 Å². The van der Waals surface area contributed by atoms with Crippen LogP contribution in [-0.2, 0) is 6.54 Å². The molecule has 2 aromatic heterocycles. The molecule has 0 aliphatic heterocycles. The number of hydrogen-bond acceptors (Lipinski definition) is 4. The van der Waals surface area contributed by atoms with Gasteiger partial charge in [0.25, 0.3) is 5.91 Å². The van der Waals surface area contributed by atoms with Gasteiger partial charge < -0.3 is 15.1 Å². The van der Waals surface area contributed by atoms with E-state index >= 15 is 0 Å². The largest absolute Gasteiger partial charge is 0.459 e. The third kappa shape index (κ3) is 4.62. The van der Waals surface area contributed by atoms with Gasteiger partial charge in [-0.25, -0.2) is 4.68 Å². The van der Waals surface area contributed by atoms with Crippen LogP contribution in [0.1, 0.15) is 16.1 Å². The number of rotatable bonds is 8. The van der Waals surface area contributed by atoms with Gasteiger partial charge in [-0.2, -0.15) is 5.10 Å². The number of furan rings is 1. The topological polar surface area (TPSA) is 72.1 Å². The van der Waals surface area contributed by atoms with Crippen molar-refractivity contribution in [3.63, 3.8) is 0 Å². The fourth-order valence-corrected chi connectivity index (χ4v) is 3.07. The van der Waals surface area contributed by atoms with E-state index in [2.05, 4.69) is 22.8 Å². The van der Waals surface area contributed by atoms with Gasteiger partial charge in [0.15, 0.2) is 5.76 Å². The zero-order chi connectivity index (χ0) is 19.9. The Morgan fingerprint density at radius 1 is 0.931 bits per heavy atom. The van der Waals surface area contributed by atoms with Crippen LogP contribution in [0.4, 0.5) is 0 Å². The Morgan fingerprint density at radius 2 is 1.69 bits per heavy atom. The van der Waals surface area contributed by atoms with Crippen LogP contribution >= 0.6 is 0 Å². The maximum atomic E-state index is 11.9. The normalized spacial score (nSPS) is 10.8. The molecule has 2 aromatic carbocycles. The smallest absolute Gasteiger partial charge is 0.287 e. The summed E-state index contributed by atoms with van der Waals surface area (Å²) in [6.45, 7) is 1.79. The van der Waals surface area contributed by atoms with Gasteiger partial charge >= 0.3 is 0 Å². The number of hydrogen-bond donors (Lipinski definition) is 2. The number of amides is 1. The predicted octanol–water partition coefficient (Wildman–Crippen LogP) is 3.65. The van der Waals surface area contributed by atoms with Crippen LogP contribution in [0, 0.1) is 0 Å². The summed E-state index contributed by atoms with van der Waals surface area (Å²) in [6, 6.07) is 23.5. The van der Waals surface area contributed by atoms with E-state index in [1.54, 1.807) is 12.1 Å². The average Bonchev–Trinajstić information content (AvgIpc) is 3.45. The second-order valence-corrected chi connectivity index (χ2v) is 6.56. The number of carbonyl (C=O) groups excluding carboxylic acids is 1. The number of para-hydroxylation sites is 1. The van der Waals surface area contributed by atoms with Gasteiger partial charge in [-0.3, -0.25) is 4.79 Å². The van der Waals surface area contributed by atoms with Gasteiger partial charge in [0, 0.05) is 37.0 Å². The first-order valence-electron chi connectivity index (χ1n) is 9.53. The standard InChI is InChI=1S/C23H22N4O2/c28-23(21-12-7-15-29-21)25-14-13-24-16-19-17-27(20-10-5-2-6-11-20)26-22(19)18-8-3-1-4-9-18/h1-12,15,17,24H,13-14,16H2,(H,25,28). The minimum atomic E-state index is -0.210. The molecule has 6 heteroatoms. The third-order valence-electron chi connectivity index (χ3n) is 4.51. The summed E-state index contributed by atoms with van der Waals surface area (Å²) < 4.78 is 6.99. The highest BCUT2D eigenvalue weighted by molar-refractivity contribution is 5.91. The highest BCUT2D eigenvalue weighted by atomic mass is 16.3. The highest BCUT2D eigenvalue weighted by Gasteiger charge is 2.12. The van der Waals surface area contributed by atoms with E-state index < -0.39 is 0 Å². The number of nitrogens with one attached hydrogen (secondary N) is 2. The maximum absolute atomic E-state index is 11.9. The zero-order valence-corrected chi connectivity index (χ0v) is 15.9. The summed E-state index contributed by atoms with van der Waals surface area (Å²) in [5, 5.41) is 11.0. The Balaban J connectivity index is 1.42. The third-order valence-corrected chi connectivity index (χ3v) is 4.51. The minimum Gasteiger partial charge on any atom is -0.459 e. The molecule has 0 saturated carbocycles. The fraction of sp³-hybridized carbons (Fsp3) is 0.130. The lowest BCUT2D eigenvalue weighted by Crippen LogP contribution is -2.31. The summed E-state index contributed by atoms with van der Waals surface area (Å²) in [7, 11) is 0. The molecule has 0 spiro atoms. The molecule has 0 fully saturated rings. The van der Waals surface area contributed by atoms with Crippen LogP contribution < -0.4 is 10.6 Å². The molecule has 0 bridgehead atoms. The lowest BCUT2D eigenvalue weighted by Gasteiger charge is -2.06. The minimum absolute atomic E-state index is 0.210. The van der Waals surface area contributed by atoms with Crippen molar-refractivity contribution in [1.29, 1.82) is 0 Å². The predicted molar refractivity (Wildman–Crippen MR) is 112 cm³/mol. The Kier molecular flexibility index (Phi) is 5.83. The monoisotopic (exact) mass is 386 g/mol. The van der Waals surface area contributed by atoms with Crippen LogP contribution in [0.5, 0.6) is 0 Å². The van der Waals surface area contributed by atoms with Crippen molar-refractivity contribution in [3.8, 4) is 16.9 Å². The number of nitrogens with zero attached hydrogens (tertiary/aromatic N) is 2. The van der Waals surface area contributed by atoms with E-state index in [4.69, 9.17) is 9.52 Å². The van der Waals surface area contributed by atoms with E-state index in [1.807, 2.05) is 59.4 Å². The first-order valence-corrected chi connectivity index (χ1v) is 9.53. The molecule has 0 radical (unpaired) electrons. The van der Waals surface area contributed by atoms with Crippen molar-refractivity contribution in [2.24, 2.45) is 0 Å². The Labute approximate surface area is 169 Å². The maximum Gasteiger partial charge on any atom is 0.287 e. The van der Waals surface area contributed by atoms with Crippen molar-refractivity contribution >= 4 is 5.91 Å². The van der Waals surface area contributed by atoms with E-state index in [0.717, 1.165) is 22.5 Å². The molecule has 0 atom stereocenters. The summed E-state index contributed by atoms with van der Waals surface area (Å²) in [4.78, 5) is 11.9. The van der Waals surface area contributed by atoms with Crippen LogP contribution in [0.3, 0.4) is 0 Å². The molecule has 1 amide bonds. The van der Waals surface area contributed by atoms with Gasteiger partial charge in [-0.05, 0) is 24.3 Å². The zero-order valence-electron chi connectivity index (χ0n) is 15.9.